The third-order valence-corrected chi connectivity index (χ3v) is 4.02. The molecule has 2 unspecified atom stereocenters. The number of morpholine rings is 1. The van der Waals surface area contributed by atoms with Crippen LogP contribution in [0.15, 0.2) is 34.9 Å². The molecule has 1 aromatic heterocycles. The first-order chi connectivity index (χ1) is 12.0. The van der Waals surface area contributed by atoms with Gasteiger partial charge in [-0.05, 0) is 45.0 Å². The number of urea groups is 1. The van der Waals surface area contributed by atoms with Gasteiger partial charge in [-0.25, -0.2) is 4.79 Å². The molecule has 2 amide bonds. The van der Waals surface area contributed by atoms with E-state index in [1.165, 1.54) is 0 Å². The molecule has 2 aromatic rings. The molecule has 0 spiro atoms. The van der Waals surface area contributed by atoms with E-state index in [4.69, 9.17) is 9.26 Å². The molecule has 7 heteroatoms. The molecule has 1 fully saturated rings. The van der Waals surface area contributed by atoms with Gasteiger partial charge < -0.3 is 24.8 Å². The minimum atomic E-state index is -0.276. The summed E-state index contributed by atoms with van der Waals surface area (Å²) < 4.78 is 10.7. The molecule has 1 saturated heterocycles. The quantitative estimate of drug-likeness (QED) is 0.891. The molecular formula is C18H24N4O3. The Morgan fingerprint density at radius 2 is 1.92 bits per heavy atom. The maximum Gasteiger partial charge on any atom is 0.319 e. The van der Waals surface area contributed by atoms with E-state index in [0.29, 0.717) is 12.2 Å². The molecule has 1 aromatic carbocycles. The number of hydrogen-bond donors (Lipinski definition) is 2. The van der Waals surface area contributed by atoms with Crippen molar-refractivity contribution in [1.82, 2.24) is 10.5 Å². The number of ether oxygens (including phenoxy) is 1. The summed E-state index contributed by atoms with van der Waals surface area (Å²) in [4.78, 5) is 14.3. The van der Waals surface area contributed by atoms with Gasteiger partial charge in [-0.15, -0.1) is 0 Å². The number of hydrogen-bond acceptors (Lipinski definition) is 5. The summed E-state index contributed by atoms with van der Waals surface area (Å²) >= 11 is 0. The maximum absolute atomic E-state index is 12.0. The zero-order valence-corrected chi connectivity index (χ0v) is 14.8. The number of carbonyl (C=O) groups excluding carboxylic acids is 1. The molecular weight excluding hydrogens is 320 g/mol. The summed E-state index contributed by atoms with van der Waals surface area (Å²) in [6.45, 7) is 8.04. The van der Waals surface area contributed by atoms with Crippen molar-refractivity contribution in [2.75, 3.05) is 23.3 Å². The number of amides is 2. The standard InChI is InChI=1S/C18H24N4O3/c1-12-8-16(21-25-12)9-19-18(23)20-15-4-6-17(7-5-15)22-10-13(2)24-14(3)11-22/h4-8,13-14H,9-11H2,1-3H3,(H2,19,20,23). The fraction of sp³-hybridized carbons (Fsp3) is 0.444. The molecule has 0 bridgehead atoms. The molecule has 0 radical (unpaired) electrons. The highest BCUT2D eigenvalue weighted by Crippen LogP contribution is 2.22. The van der Waals surface area contributed by atoms with Crippen molar-refractivity contribution >= 4 is 17.4 Å². The van der Waals surface area contributed by atoms with E-state index in [-0.39, 0.29) is 18.2 Å². The molecule has 2 heterocycles. The van der Waals surface area contributed by atoms with Crippen LogP contribution in [0.25, 0.3) is 0 Å². The Morgan fingerprint density at radius 3 is 2.52 bits per heavy atom. The first-order valence-electron chi connectivity index (χ1n) is 8.47. The van der Waals surface area contributed by atoms with Crippen LogP contribution in [-0.2, 0) is 11.3 Å². The lowest BCUT2D eigenvalue weighted by Crippen LogP contribution is -2.45. The van der Waals surface area contributed by atoms with Crippen molar-refractivity contribution in [3.63, 3.8) is 0 Å². The third-order valence-electron chi connectivity index (χ3n) is 4.02. The van der Waals surface area contributed by atoms with Crippen LogP contribution < -0.4 is 15.5 Å². The van der Waals surface area contributed by atoms with Crippen molar-refractivity contribution in [2.24, 2.45) is 0 Å². The second-order valence-corrected chi connectivity index (χ2v) is 6.45. The highest BCUT2D eigenvalue weighted by Gasteiger charge is 2.22. The first kappa shape index (κ1) is 17.3. The van der Waals surface area contributed by atoms with Crippen molar-refractivity contribution in [3.8, 4) is 0 Å². The summed E-state index contributed by atoms with van der Waals surface area (Å²) in [6, 6.07) is 9.35. The molecule has 1 aliphatic rings. The van der Waals surface area contributed by atoms with Gasteiger partial charge in [0.25, 0.3) is 0 Å². The fourth-order valence-electron chi connectivity index (χ4n) is 2.99. The van der Waals surface area contributed by atoms with Crippen LogP contribution in [0.4, 0.5) is 16.2 Å². The number of benzene rings is 1. The van der Waals surface area contributed by atoms with E-state index in [0.717, 1.165) is 30.2 Å². The number of anilines is 2. The Kier molecular flexibility index (Phi) is 5.23. The predicted molar refractivity (Wildman–Crippen MR) is 95.8 cm³/mol. The van der Waals surface area contributed by atoms with Gasteiger partial charge in [-0.1, -0.05) is 5.16 Å². The fourth-order valence-corrected chi connectivity index (χ4v) is 2.99. The number of rotatable bonds is 4. The number of aromatic nitrogens is 1. The second kappa shape index (κ2) is 7.57. The molecule has 25 heavy (non-hydrogen) atoms. The molecule has 2 N–H and O–H groups in total. The minimum absolute atomic E-state index is 0.215. The smallest absolute Gasteiger partial charge is 0.319 e. The zero-order valence-electron chi connectivity index (χ0n) is 14.8. The Hall–Kier alpha value is -2.54. The molecule has 0 aliphatic carbocycles. The van der Waals surface area contributed by atoms with Crippen LogP contribution in [0.2, 0.25) is 0 Å². The van der Waals surface area contributed by atoms with Crippen molar-refractivity contribution in [2.45, 2.75) is 39.5 Å². The molecule has 0 saturated carbocycles. The predicted octanol–water partition coefficient (Wildman–Crippen LogP) is 2.92. The van der Waals surface area contributed by atoms with Gasteiger partial charge in [0.1, 0.15) is 11.5 Å². The maximum atomic E-state index is 12.0. The van der Waals surface area contributed by atoms with Gasteiger partial charge in [0.2, 0.25) is 0 Å². The summed E-state index contributed by atoms with van der Waals surface area (Å²) in [7, 11) is 0. The Balaban J connectivity index is 1.52. The largest absolute Gasteiger partial charge is 0.372 e. The topological polar surface area (TPSA) is 79.6 Å². The van der Waals surface area contributed by atoms with Gasteiger partial charge >= 0.3 is 6.03 Å². The average molecular weight is 344 g/mol. The number of nitrogens with one attached hydrogen (secondary N) is 2. The van der Waals surface area contributed by atoms with Crippen molar-refractivity contribution in [3.05, 3.63) is 41.8 Å². The van der Waals surface area contributed by atoms with Crippen LogP contribution in [0.5, 0.6) is 0 Å². The minimum Gasteiger partial charge on any atom is -0.372 e. The SMILES string of the molecule is Cc1cc(CNC(=O)Nc2ccc(N3CC(C)OC(C)C3)cc2)no1. The Bertz CT molecular complexity index is 703. The average Bonchev–Trinajstić information content (AvgIpc) is 2.98. The summed E-state index contributed by atoms with van der Waals surface area (Å²) in [5.41, 5.74) is 2.57. The second-order valence-electron chi connectivity index (χ2n) is 6.45. The highest BCUT2D eigenvalue weighted by atomic mass is 16.5. The molecule has 134 valence electrons. The van der Waals surface area contributed by atoms with E-state index in [9.17, 15) is 4.79 Å². The van der Waals surface area contributed by atoms with E-state index in [2.05, 4.69) is 34.5 Å². The lowest BCUT2D eigenvalue weighted by atomic mass is 10.2. The van der Waals surface area contributed by atoms with Crippen molar-refractivity contribution in [1.29, 1.82) is 0 Å². The summed E-state index contributed by atoms with van der Waals surface area (Å²) in [5.74, 6) is 0.722. The molecule has 3 rings (SSSR count). The van der Waals surface area contributed by atoms with E-state index >= 15 is 0 Å². The van der Waals surface area contributed by atoms with Crippen molar-refractivity contribution < 1.29 is 14.1 Å². The van der Waals surface area contributed by atoms with Gasteiger partial charge in [0.15, 0.2) is 0 Å². The van der Waals surface area contributed by atoms with Gasteiger partial charge in [0.05, 0.1) is 18.8 Å². The molecule has 1 aliphatic heterocycles. The van der Waals surface area contributed by atoms with Crippen LogP contribution in [0.3, 0.4) is 0 Å². The van der Waals surface area contributed by atoms with Crippen LogP contribution in [-0.4, -0.2) is 36.5 Å². The number of aryl methyl sites for hydroxylation is 1. The van der Waals surface area contributed by atoms with Gasteiger partial charge in [0, 0.05) is 30.5 Å². The van der Waals surface area contributed by atoms with E-state index in [1.807, 2.05) is 31.2 Å². The van der Waals surface area contributed by atoms with E-state index in [1.54, 1.807) is 6.07 Å². The third kappa shape index (κ3) is 4.73. The van der Waals surface area contributed by atoms with Gasteiger partial charge in [-0.2, -0.15) is 0 Å². The lowest BCUT2D eigenvalue weighted by Gasteiger charge is -2.36. The Labute approximate surface area is 147 Å². The first-order valence-corrected chi connectivity index (χ1v) is 8.47. The summed E-state index contributed by atoms with van der Waals surface area (Å²) in [6.07, 6.45) is 0.431. The van der Waals surface area contributed by atoms with Crippen LogP contribution in [0.1, 0.15) is 25.3 Å². The zero-order chi connectivity index (χ0) is 17.8. The van der Waals surface area contributed by atoms with Gasteiger partial charge in [-0.3, -0.25) is 0 Å². The highest BCUT2D eigenvalue weighted by molar-refractivity contribution is 5.89. The summed E-state index contributed by atoms with van der Waals surface area (Å²) in [5, 5.41) is 9.40. The molecule has 7 nitrogen and oxygen atoms in total. The lowest BCUT2D eigenvalue weighted by molar-refractivity contribution is -0.00521. The molecule has 2 atom stereocenters. The monoisotopic (exact) mass is 344 g/mol. The number of nitrogens with zero attached hydrogens (tertiary/aromatic N) is 2. The van der Waals surface area contributed by atoms with Crippen LogP contribution >= 0.6 is 0 Å². The Morgan fingerprint density at radius 1 is 1.24 bits per heavy atom. The van der Waals surface area contributed by atoms with E-state index < -0.39 is 0 Å². The number of carbonyl (C=O) groups is 1. The normalized spacial score (nSPS) is 20.4. The van der Waals surface area contributed by atoms with Crippen LogP contribution in [0, 0.1) is 6.92 Å².